The van der Waals surface area contributed by atoms with Crippen LogP contribution in [0, 0.1) is 0 Å². The summed E-state index contributed by atoms with van der Waals surface area (Å²) < 4.78 is 0. The van der Waals surface area contributed by atoms with Gasteiger partial charge >= 0.3 is 0 Å². The fourth-order valence-corrected chi connectivity index (χ4v) is 5.55. The van der Waals surface area contributed by atoms with Crippen LogP contribution in [0.4, 0.5) is 11.4 Å². The summed E-state index contributed by atoms with van der Waals surface area (Å²) in [6.07, 6.45) is 2.29. The van der Waals surface area contributed by atoms with Gasteiger partial charge in [0, 0.05) is 33.6 Å². The highest BCUT2D eigenvalue weighted by molar-refractivity contribution is 8.00. The lowest BCUT2D eigenvalue weighted by Gasteiger charge is -2.15. The van der Waals surface area contributed by atoms with Crippen LogP contribution in [0.3, 0.4) is 0 Å². The summed E-state index contributed by atoms with van der Waals surface area (Å²) in [4.78, 5) is 44.2. The van der Waals surface area contributed by atoms with Gasteiger partial charge in [0.1, 0.15) is 0 Å². The number of nitrogens with one attached hydrogen (secondary N) is 2. The Bertz CT molecular complexity index is 1310. The zero-order valence-electron chi connectivity index (χ0n) is 16.9. The van der Waals surface area contributed by atoms with Crippen molar-refractivity contribution in [2.45, 2.75) is 23.0 Å². The Morgan fingerprint density at radius 3 is 2.88 bits per heavy atom. The van der Waals surface area contributed by atoms with Gasteiger partial charge in [-0.05, 0) is 53.2 Å². The lowest BCUT2D eigenvalue weighted by molar-refractivity contribution is -0.121. The van der Waals surface area contributed by atoms with E-state index in [2.05, 4.69) is 10.3 Å². The molecule has 0 radical (unpaired) electrons. The first kappa shape index (κ1) is 20.5. The number of carbonyl (C=O) groups is 3. The molecule has 1 fully saturated rings. The van der Waals surface area contributed by atoms with Gasteiger partial charge < -0.3 is 10.3 Å². The third-order valence-electron chi connectivity index (χ3n) is 5.21. The van der Waals surface area contributed by atoms with E-state index < -0.39 is 5.25 Å². The predicted octanol–water partition coefficient (Wildman–Crippen LogP) is 4.83. The Morgan fingerprint density at radius 2 is 2.03 bits per heavy atom. The number of aromatic amines is 1. The zero-order chi connectivity index (χ0) is 22.1. The number of H-pyrrole nitrogens is 1. The number of amides is 3. The Hall–Kier alpha value is -3.36. The van der Waals surface area contributed by atoms with Crippen LogP contribution < -0.4 is 10.2 Å². The summed E-state index contributed by atoms with van der Waals surface area (Å²) in [7, 11) is 0. The van der Waals surface area contributed by atoms with Crippen LogP contribution in [0.1, 0.15) is 11.3 Å². The number of carbonyl (C=O) groups excluding carboxylic acids is 3. The smallest absolute Gasteiger partial charge is 0.247 e. The van der Waals surface area contributed by atoms with Crippen molar-refractivity contribution >= 4 is 63.1 Å². The van der Waals surface area contributed by atoms with Gasteiger partial charge in [-0.25, -0.2) is 4.90 Å². The van der Waals surface area contributed by atoms with E-state index in [1.807, 2.05) is 66.2 Å². The number of nitrogens with zero attached hydrogens (tertiary/aromatic N) is 1. The van der Waals surface area contributed by atoms with Crippen LogP contribution in [-0.2, 0) is 20.8 Å². The second kappa shape index (κ2) is 8.64. The average Bonchev–Trinajstić information content (AvgIpc) is 3.49. The first-order valence-electron chi connectivity index (χ1n) is 10.1. The second-order valence-corrected chi connectivity index (χ2v) is 9.77. The second-order valence-electron chi connectivity index (χ2n) is 7.46. The molecule has 2 aromatic heterocycles. The molecule has 1 atom stereocenters. The molecule has 8 heteroatoms. The predicted molar refractivity (Wildman–Crippen MR) is 128 cm³/mol. The summed E-state index contributed by atoms with van der Waals surface area (Å²) in [5, 5.41) is 5.37. The van der Waals surface area contributed by atoms with E-state index >= 15 is 0 Å². The van der Waals surface area contributed by atoms with Gasteiger partial charge in [-0.3, -0.25) is 14.4 Å². The topological polar surface area (TPSA) is 82.3 Å². The van der Waals surface area contributed by atoms with Gasteiger partial charge in [-0.15, -0.1) is 23.1 Å². The van der Waals surface area contributed by atoms with Crippen LogP contribution in [0.2, 0.25) is 0 Å². The SMILES string of the molecule is O=C(Cc1cccs1)Nc1cccc(SC2CC(=O)N(c3ccc4cc[nH]c4c3)C2=O)c1. The minimum Gasteiger partial charge on any atom is -0.361 e. The maximum Gasteiger partial charge on any atom is 0.247 e. The third-order valence-corrected chi connectivity index (χ3v) is 7.27. The molecular formula is C24H19N3O3S2. The van der Waals surface area contributed by atoms with Crippen molar-refractivity contribution < 1.29 is 14.4 Å². The summed E-state index contributed by atoms with van der Waals surface area (Å²) >= 11 is 2.89. The van der Waals surface area contributed by atoms with E-state index in [1.165, 1.54) is 16.7 Å². The molecule has 0 aliphatic carbocycles. The highest BCUT2D eigenvalue weighted by atomic mass is 32.2. The normalized spacial score (nSPS) is 16.1. The van der Waals surface area contributed by atoms with Gasteiger partial charge in [0.15, 0.2) is 0 Å². The number of rotatable bonds is 6. The molecule has 32 heavy (non-hydrogen) atoms. The number of thiophene rings is 1. The van der Waals surface area contributed by atoms with Crippen LogP contribution in [0.5, 0.6) is 0 Å². The molecule has 160 valence electrons. The Kier molecular flexibility index (Phi) is 5.55. The summed E-state index contributed by atoms with van der Waals surface area (Å²) in [6, 6.07) is 18.7. The quantitative estimate of drug-likeness (QED) is 0.403. The van der Waals surface area contributed by atoms with E-state index in [0.717, 1.165) is 20.7 Å². The van der Waals surface area contributed by atoms with Crippen molar-refractivity contribution in [3.63, 3.8) is 0 Å². The number of fused-ring (bicyclic) bond motifs is 1. The van der Waals surface area contributed by atoms with E-state index in [1.54, 1.807) is 17.4 Å². The Labute approximate surface area is 192 Å². The number of benzene rings is 2. The summed E-state index contributed by atoms with van der Waals surface area (Å²) in [5.41, 5.74) is 2.13. The molecule has 1 aliphatic heterocycles. The first-order chi connectivity index (χ1) is 15.6. The van der Waals surface area contributed by atoms with Crippen LogP contribution >= 0.6 is 23.1 Å². The molecule has 0 bridgehead atoms. The zero-order valence-corrected chi connectivity index (χ0v) is 18.5. The van der Waals surface area contributed by atoms with E-state index in [9.17, 15) is 14.4 Å². The number of imide groups is 1. The molecule has 2 aromatic carbocycles. The van der Waals surface area contributed by atoms with Crippen molar-refractivity contribution in [3.8, 4) is 0 Å². The van der Waals surface area contributed by atoms with Gasteiger partial charge in [-0.2, -0.15) is 0 Å². The Balaban J connectivity index is 1.28. The van der Waals surface area contributed by atoms with E-state index in [4.69, 9.17) is 0 Å². The maximum absolute atomic E-state index is 13.0. The van der Waals surface area contributed by atoms with Crippen molar-refractivity contribution in [1.82, 2.24) is 4.98 Å². The molecule has 1 unspecified atom stereocenters. The summed E-state index contributed by atoms with van der Waals surface area (Å²) in [5.74, 6) is -0.524. The van der Waals surface area contributed by atoms with Gasteiger partial charge in [0.25, 0.3) is 0 Å². The molecule has 4 aromatic rings. The van der Waals surface area contributed by atoms with Gasteiger partial charge in [-0.1, -0.05) is 18.2 Å². The molecule has 6 nitrogen and oxygen atoms in total. The minimum absolute atomic E-state index is 0.0902. The molecule has 3 heterocycles. The average molecular weight is 462 g/mol. The molecule has 1 aliphatic rings. The number of hydrogen-bond donors (Lipinski definition) is 2. The molecule has 3 amide bonds. The largest absolute Gasteiger partial charge is 0.361 e. The monoisotopic (exact) mass is 461 g/mol. The molecule has 2 N–H and O–H groups in total. The molecular weight excluding hydrogens is 442 g/mol. The molecule has 0 spiro atoms. The number of anilines is 2. The molecule has 5 rings (SSSR count). The van der Waals surface area contributed by atoms with Crippen LogP contribution in [-0.4, -0.2) is 28.0 Å². The standard InChI is InChI=1S/C24H19N3O3S2/c28-22(13-18-5-2-10-31-18)26-16-3-1-4-19(11-16)32-21-14-23(29)27(24(21)30)17-7-6-15-8-9-25-20(15)12-17/h1-12,21,25H,13-14H2,(H,26,28). The van der Waals surface area contributed by atoms with E-state index in [-0.39, 0.29) is 24.1 Å². The lowest BCUT2D eigenvalue weighted by Crippen LogP contribution is -2.31. The third kappa shape index (κ3) is 4.19. The lowest BCUT2D eigenvalue weighted by atomic mass is 10.2. The maximum atomic E-state index is 13.0. The number of thioether (sulfide) groups is 1. The Morgan fingerprint density at radius 1 is 1.12 bits per heavy atom. The van der Waals surface area contributed by atoms with Crippen molar-refractivity contribution in [2.24, 2.45) is 0 Å². The molecule has 0 saturated carbocycles. The van der Waals surface area contributed by atoms with Crippen molar-refractivity contribution in [1.29, 1.82) is 0 Å². The summed E-state index contributed by atoms with van der Waals surface area (Å²) in [6.45, 7) is 0. The highest BCUT2D eigenvalue weighted by Gasteiger charge is 2.40. The van der Waals surface area contributed by atoms with Gasteiger partial charge in [0.05, 0.1) is 17.4 Å². The highest BCUT2D eigenvalue weighted by Crippen LogP contribution is 2.35. The number of hydrogen-bond acceptors (Lipinski definition) is 5. The molecule has 1 saturated heterocycles. The fourth-order valence-electron chi connectivity index (χ4n) is 3.73. The van der Waals surface area contributed by atoms with Crippen molar-refractivity contribution in [3.05, 3.63) is 77.1 Å². The van der Waals surface area contributed by atoms with E-state index in [0.29, 0.717) is 17.8 Å². The minimum atomic E-state index is -0.501. The first-order valence-corrected chi connectivity index (χ1v) is 11.9. The van der Waals surface area contributed by atoms with Crippen molar-refractivity contribution in [2.75, 3.05) is 10.2 Å². The number of aromatic nitrogens is 1. The fraction of sp³-hybridized carbons (Fsp3) is 0.125. The van der Waals surface area contributed by atoms with Crippen LogP contribution in [0.25, 0.3) is 10.9 Å². The van der Waals surface area contributed by atoms with Crippen LogP contribution in [0.15, 0.2) is 77.1 Å². The van der Waals surface area contributed by atoms with Gasteiger partial charge in [0.2, 0.25) is 17.7 Å².